The van der Waals surface area contributed by atoms with Gasteiger partial charge in [0.25, 0.3) is 10.0 Å². The Bertz CT molecular complexity index is 584. The predicted octanol–water partition coefficient (Wildman–Crippen LogP) is -0.680. The molecule has 0 aliphatic carbocycles. The van der Waals surface area contributed by atoms with E-state index in [1.165, 1.54) is 13.1 Å². The largest absolute Gasteiger partial charge is 0.479 e. The molecule has 0 aliphatic rings. The summed E-state index contributed by atoms with van der Waals surface area (Å²) in [7, 11) is -2.42. The molecule has 0 radical (unpaired) electrons. The third-order valence-corrected chi connectivity index (χ3v) is 5.73. The van der Waals surface area contributed by atoms with E-state index in [4.69, 9.17) is 10.2 Å². The quantitative estimate of drug-likeness (QED) is 0.578. The average molecular weight is 336 g/mol. The van der Waals surface area contributed by atoms with E-state index in [9.17, 15) is 18.0 Å². The monoisotopic (exact) mass is 336 g/mol. The number of aliphatic hydroxyl groups is 1. The smallest absolute Gasteiger partial charge is 0.332 e. The summed E-state index contributed by atoms with van der Waals surface area (Å²) in [6.07, 6.45) is -1.71. The highest BCUT2D eigenvalue weighted by Gasteiger charge is 2.23. The number of carbonyl (C=O) groups excluding carboxylic acids is 1. The summed E-state index contributed by atoms with van der Waals surface area (Å²) < 4.78 is 25.1. The molecule has 0 spiro atoms. The first-order valence-corrected chi connectivity index (χ1v) is 8.24. The van der Waals surface area contributed by atoms with Crippen molar-refractivity contribution < 1.29 is 28.2 Å². The molecule has 0 aliphatic heterocycles. The molecule has 1 aromatic heterocycles. The molecule has 0 saturated carbocycles. The third kappa shape index (κ3) is 5.08. The number of amides is 1. The normalized spacial score (nSPS) is 13.1. The fourth-order valence-electron chi connectivity index (χ4n) is 1.38. The van der Waals surface area contributed by atoms with Gasteiger partial charge in [-0.2, -0.15) is 4.31 Å². The summed E-state index contributed by atoms with van der Waals surface area (Å²) in [4.78, 5) is 21.9. The van der Waals surface area contributed by atoms with Crippen molar-refractivity contribution in [2.45, 2.75) is 16.7 Å². The van der Waals surface area contributed by atoms with Gasteiger partial charge in [-0.3, -0.25) is 4.79 Å². The Kier molecular flexibility index (Phi) is 6.27. The fourth-order valence-corrected chi connectivity index (χ4v) is 3.71. The van der Waals surface area contributed by atoms with Crippen LogP contribution < -0.4 is 5.32 Å². The lowest BCUT2D eigenvalue weighted by Gasteiger charge is -2.15. The van der Waals surface area contributed by atoms with Gasteiger partial charge in [0, 0.05) is 20.0 Å². The van der Waals surface area contributed by atoms with Gasteiger partial charge in [-0.25, -0.2) is 13.2 Å². The predicted molar refractivity (Wildman–Crippen MR) is 75.4 cm³/mol. The van der Waals surface area contributed by atoms with Gasteiger partial charge in [-0.1, -0.05) is 6.07 Å². The molecule has 3 N–H and O–H groups in total. The molecule has 10 heteroatoms. The molecule has 0 bridgehead atoms. The molecule has 0 saturated heterocycles. The van der Waals surface area contributed by atoms with E-state index in [1.54, 1.807) is 11.4 Å². The highest BCUT2D eigenvalue weighted by Crippen LogP contribution is 2.19. The molecule has 21 heavy (non-hydrogen) atoms. The lowest BCUT2D eigenvalue weighted by Crippen LogP contribution is -2.39. The maximum Gasteiger partial charge on any atom is 0.332 e. The van der Waals surface area contributed by atoms with Gasteiger partial charge in [-0.05, 0) is 11.4 Å². The van der Waals surface area contributed by atoms with Gasteiger partial charge in [0.1, 0.15) is 4.21 Å². The van der Waals surface area contributed by atoms with Gasteiger partial charge in [0.05, 0.1) is 6.54 Å². The molecule has 0 fully saturated rings. The number of aliphatic hydroxyl groups excluding tert-OH is 1. The number of sulfonamides is 1. The summed E-state index contributed by atoms with van der Waals surface area (Å²) in [6, 6.07) is 3.04. The number of hydrogen-bond acceptors (Lipinski definition) is 6. The molecule has 1 heterocycles. The number of nitrogens with one attached hydrogen (secondary N) is 1. The topological polar surface area (TPSA) is 124 Å². The summed E-state index contributed by atoms with van der Waals surface area (Å²) in [5.41, 5.74) is 0. The summed E-state index contributed by atoms with van der Waals surface area (Å²) in [5.74, 6) is -1.95. The minimum Gasteiger partial charge on any atom is -0.479 e. The lowest BCUT2D eigenvalue weighted by molar-refractivity contribution is -0.147. The summed E-state index contributed by atoms with van der Waals surface area (Å²) in [6.45, 7) is -0.442. The van der Waals surface area contributed by atoms with Crippen LogP contribution in [0.2, 0.25) is 0 Å². The molecular weight excluding hydrogens is 320 g/mol. The van der Waals surface area contributed by atoms with Crippen LogP contribution in [0, 0.1) is 0 Å². The van der Waals surface area contributed by atoms with E-state index in [0.717, 1.165) is 15.6 Å². The van der Waals surface area contributed by atoms with E-state index >= 15 is 0 Å². The van der Waals surface area contributed by atoms with Crippen LogP contribution in [0.5, 0.6) is 0 Å². The Morgan fingerprint density at radius 1 is 1.48 bits per heavy atom. The molecular formula is C11H16N2O6S2. The van der Waals surface area contributed by atoms with E-state index in [1.807, 2.05) is 0 Å². The Labute approximate surface area is 126 Å². The van der Waals surface area contributed by atoms with Crippen molar-refractivity contribution in [3.8, 4) is 0 Å². The molecule has 8 nitrogen and oxygen atoms in total. The van der Waals surface area contributed by atoms with Gasteiger partial charge < -0.3 is 15.5 Å². The first-order valence-electron chi connectivity index (χ1n) is 5.92. The van der Waals surface area contributed by atoms with Crippen LogP contribution in [0.1, 0.15) is 6.42 Å². The van der Waals surface area contributed by atoms with Crippen molar-refractivity contribution in [2.75, 3.05) is 20.1 Å². The average Bonchev–Trinajstić information content (AvgIpc) is 2.92. The number of carboxylic acid groups (broad SMARTS) is 1. The van der Waals surface area contributed by atoms with E-state index in [2.05, 4.69) is 5.32 Å². The standard InChI is InChI=1S/C11H16N2O6S2/c1-13(21(18,19)10-3-2-6-20-10)7-9(15)12-5-4-8(14)11(16)17/h2-3,6,8,14H,4-5,7H2,1H3,(H,12,15)(H,16,17)/t8-/m0/s1. The molecule has 1 atom stereocenters. The second-order valence-corrected chi connectivity index (χ2v) is 7.41. The maximum absolute atomic E-state index is 12.0. The Hall–Kier alpha value is -1.49. The van der Waals surface area contributed by atoms with Gasteiger partial charge in [0.2, 0.25) is 5.91 Å². The zero-order valence-corrected chi connectivity index (χ0v) is 12.9. The van der Waals surface area contributed by atoms with Crippen molar-refractivity contribution in [1.82, 2.24) is 9.62 Å². The van der Waals surface area contributed by atoms with Gasteiger partial charge in [0.15, 0.2) is 6.10 Å². The number of nitrogens with zero attached hydrogens (tertiary/aromatic N) is 1. The lowest BCUT2D eigenvalue weighted by atomic mass is 10.2. The highest BCUT2D eigenvalue weighted by atomic mass is 32.2. The molecule has 1 rings (SSSR count). The number of carbonyl (C=O) groups is 2. The molecule has 118 valence electrons. The number of carboxylic acids is 1. The number of hydrogen-bond donors (Lipinski definition) is 3. The molecule has 1 aromatic rings. The SMILES string of the molecule is CN(CC(=O)NCC[C@H](O)C(=O)O)S(=O)(=O)c1cccs1. The first-order chi connectivity index (χ1) is 9.75. The van der Waals surface area contributed by atoms with Crippen LogP contribution in [-0.4, -0.2) is 61.1 Å². The van der Waals surface area contributed by atoms with Gasteiger partial charge in [-0.15, -0.1) is 11.3 Å². The highest BCUT2D eigenvalue weighted by molar-refractivity contribution is 7.91. The molecule has 0 unspecified atom stereocenters. The third-order valence-electron chi connectivity index (χ3n) is 2.55. The Morgan fingerprint density at radius 2 is 2.14 bits per heavy atom. The number of rotatable bonds is 8. The maximum atomic E-state index is 12.0. The zero-order valence-electron chi connectivity index (χ0n) is 11.2. The van der Waals surface area contributed by atoms with Crippen molar-refractivity contribution in [3.05, 3.63) is 17.5 Å². The van der Waals surface area contributed by atoms with Crippen LogP contribution in [0.25, 0.3) is 0 Å². The van der Waals surface area contributed by atoms with E-state index in [-0.39, 0.29) is 23.7 Å². The summed E-state index contributed by atoms with van der Waals surface area (Å²) >= 11 is 1.05. The zero-order chi connectivity index (χ0) is 16.0. The number of aliphatic carboxylic acids is 1. The second-order valence-electron chi connectivity index (χ2n) is 4.19. The van der Waals surface area contributed by atoms with Crippen LogP contribution in [0.15, 0.2) is 21.7 Å². The van der Waals surface area contributed by atoms with Crippen molar-refractivity contribution in [2.24, 2.45) is 0 Å². The summed E-state index contributed by atoms with van der Waals surface area (Å²) in [5, 5.41) is 21.4. The Morgan fingerprint density at radius 3 is 2.67 bits per heavy atom. The Balaban J connectivity index is 2.46. The van der Waals surface area contributed by atoms with Gasteiger partial charge >= 0.3 is 5.97 Å². The van der Waals surface area contributed by atoms with Crippen LogP contribution >= 0.6 is 11.3 Å². The number of thiophene rings is 1. The number of likely N-dealkylation sites (N-methyl/N-ethyl adjacent to an activating group) is 1. The van der Waals surface area contributed by atoms with E-state index in [0.29, 0.717) is 0 Å². The minimum atomic E-state index is -3.70. The van der Waals surface area contributed by atoms with Crippen molar-refractivity contribution in [3.63, 3.8) is 0 Å². The van der Waals surface area contributed by atoms with Crippen molar-refractivity contribution >= 4 is 33.2 Å². The van der Waals surface area contributed by atoms with Crippen LogP contribution in [-0.2, 0) is 19.6 Å². The molecule has 0 aromatic carbocycles. The van der Waals surface area contributed by atoms with Crippen LogP contribution in [0.4, 0.5) is 0 Å². The fraction of sp³-hybridized carbons (Fsp3) is 0.455. The van der Waals surface area contributed by atoms with E-state index < -0.39 is 28.0 Å². The molecule has 1 amide bonds. The van der Waals surface area contributed by atoms with Crippen molar-refractivity contribution in [1.29, 1.82) is 0 Å². The first kappa shape index (κ1) is 17.6. The minimum absolute atomic E-state index is 0.0564. The van der Waals surface area contributed by atoms with Crippen LogP contribution in [0.3, 0.4) is 0 Å². The second kappa shape index (κ2) is 7.50.